The number of aromatic nitrogens is 1. The van der Waals surface area contributed by atoms with Gasteiger partial charge in [-0.3, -0.25) is 9.78 Å². The standard InChI is InChI=1S/C18H21NO3/c1-3-12-22-18-14(6-4-8-17(18)21-2)9-10-16(20)15-7-5-11-19-13-15/h4-8,11,13H,3,9-10,12H2,1-2H3. The Labute approximate surface area is 131 Å². The van der Waals surface area contributed by atoms with Crippen molar-refractivity contribution >= 4 is 5.78 Å². The van der Waals surface area contributed by atoms with Crippen LogP contribution in [0, 0.1) is 0 Å². The Balaban J connectivity index is 2.10. The number of methoxy groups -OCH3 is 1. The predicted octanol–water partition coefficient (Wildman–Crippen LogP) is 3.69. The van der Waals surface area contributed by atoms with Crippen molar-refractivity contribution in [2.75, 3.05) is 13.7 Å². The average molecular weight is 299 g/mol. The van der Waals surface area contributed by atoms with Crippen LogP contribution < -0.4 is 9.47 Å². The van der Waals surface area contributed by atoms with Gasteiger partial charge in [0.25, 0.3) is 0 Å². The van der Waals surface area contributed by atoms with E-state index < -0.39 is 0 Å². The van der Waals surface area contributed by atoms with E-state index >= 15 is 0 Å². The molecular weight excluding hydrogens is 278 g/mol. The predicted molar refractivity (Wildman–Crippen MR) is 85.7 cm³/mol. The van der Waals surface area contributed by atoms with Crippen LogP contribution in [0.3, 0.4) is 0 Å². The summed E-state index contributed by atoms with van der Waals surface area (Å²) in [7, 11) is 1.62. The average Bonchev–Trinajstić information content (AvgIpc) is 2.58. The van der Waals surface area contributed by atoms with E-state index in [0.29, 0.717) is 30.8 Å². The molecule has 0 radical (unpaired) electrons. The molecule has 0 atom stereocenters. The zero-order chi connectivity index (χ0) is 15.8. The molecule has 0 unspecified atom stereocenters. The largest absolute Gasteiger partial charge is 0.493 e. The molecule has 0 spiro atoms. The molecular formula is C18H21NO3. The van der Waals surface area contributed by atoms with E-state index in [0.717, 1.165) is 17.7 Å². The Hall–Kier alpha value is -2.36. The van der Waals surface area contributed by atoms with Crippen molar-refractivity contribution in [1.29, 1.82) is 0 Å². The summed E-state index contributed by atoms with van der Waals surface area (Å²) in [6.45, 7) is 2.69. The van der Waals surface area contributed by atoms with E-state index in [9.17, 15) is 4.79 Å². The highest BCUT2D eigenvalue weighted by Crippen LogP contribution is 2.32. The number of para-hydroxylation sites is 1. The lowest BCUT2D eigenvalue weighted by Crippen LogP contribution is -2.05. The number of ether oxygens (including phenoxy) is 2. The minimum Gasteiger partial charge on any atom is -0.493 e. The highest BCUT2D eigenvalue weighted by atomic mass is 16.5. The number of ketones is 1. The number of nitrogens with zero attached hydrogens (tertiary/aromatic N) is 1. The molecule has 2 aromatic rings. The van der Waals surface area contributed by atoms with Gasteiger partial charge in [-0.05, 0) is 36.6 Å². The van der Waals surface area contributed by atoms with Crippen LogP contribution in [0.15, 0.2) is 42.7 Å². The van der Waals surface area contributed by atoms with Gasteiger partial charge in [-0.25, -0.2) is 0 Å². The number of hydrogen-bond acceptors (Lipinski definition) is 4. The molecule has 1 heterocycles. The number of benzene rings is 1. The van der Waals surface area contributed by atoms with Gasteiger partial charge in [0.2, 0.25) is 0 Å². The van der Waals surface area contributed by atoms with Gasteiger partial charge in [0, 0.05) is 24.4 Å². The van der Waals surface area contributed by atoms with Gasteiger partial charge in [-0.2, -0.15) is 0 Å². The zero-order valence-corrected chi connectivity index (χ0v) is 13.0. The van der Waals surface area contributed by atoms with E-state index in [4.69, 9.17) is 9.47 Å². The molecule has 0 bridgehead atoms. The molecule has 0 saturated heterocycles. The van der Waals surface area contributed by atoms with Crippen LogP contribution in [0.2, 0.25) is 0 Å². The van der Waals surface area contributed by atoms with E-state index in [1.165, 1.54) is 0 Å². The zero-order valence-electron chi connectivity index (χ0n) is 13.0. The number of carbonyl (C=O) groups excluding carboxylic acids is 1. The van der Waals surface area contributed by atoms with Crippen LogP contribution in [0.1, 0.15) is 35.7 Å². The summed E-state index contributed by atoms with van der Waals surface area (Å²) in [4.78, 5) is 16.2. The number of aryl methyl sites for hydroxylation is 1. The van der Waals surface area contributed by atoms with E-state index in [1.807, 2.05) is 18.2 Å². The number of rotatable bonds is 8. The fourth-order valence-electron chi connectivity index (χ4n) is 2.21. The molecule has 0 amide bonds. The number of hydrogen-bond donors (Lipinski definition) is 0. The maximum Gasteiger partial charge on any atom is 0.164 e. The molecule has 4 heteroatoms. The fraction of sp³-hybridized carbons (Fsp3) is 0.333. The molecule has 4 nitrogen and oxygen atoms in total. The Morgan fingerprint density at radius 3 is 2.77 bits per heavy atom. The van der Waals surface area contributed by atoms with E-state index in [2.05, 4.69) is 11.9 Å². The van der Waals surface area contributed by atoms with Gasteiger partial charge in [0.15, 0.2) is 17.3 Å². The van der Waals surface area contributed by atoms with Crippen LogP contribution in [0.5, 0.6) is 11.5 Å². The summed E-state index contributed by atoms with van der Waals surface area (Å²) in [6, 6.07) is 9.33. The van der Waals surface area contributed by atoms with Crippen molar-refractivity contribution in [1.82, 2.24) is 4.98 Å². The number of Topliss-reactive ketones (excluding diaryl/α,β-unsaturated/α-hetero) is 1. The lowest BCUT2D eigenvalue weighted by molar-refractivity contribution is 0.0982. The summed E-state index contributed by atoms with van der Waals surface area (Å²) in [5, 5.41) is 0. The quantitative estimate of drug-likeness (QED) is 0.697. The maximum atomic E-state index is 12.2. The lowest BCUT2D eigenvalue weighted by atomic mass is 10.0. The minimum atomic E-state index is 0.0809. The monoisotopic (exact) mass is 299 g/mol. The molecule has 1 aromatic carbocycles. The Morgan fingerprint density at radius 1 is 1.23 bits per heavy atom. The van der Waals surface area contributed by atoms with Crippen molar-refractivity contribution in [3.8, 4) is 11.5 Å². The summed E-state index contributed by atoms with van der Waals surface area (Å²) in [6.07, 6.45) is 5.22. The minimum absolute atomic E-state index is 0.0809. The van der Waals surface area contributed by atoms with Crippen LogP contribution in [-0.2, 0) is 6.42 Å². The van der Waals surface area contributed by atoms with Gasteiger partial charge < -0.3 is 9.47 Å². The molecule has 0 N–H and O–H groups in total. The first kappa shape index (κ1) is 16.0. The van der Waals surface area contributed by atoms with Crippen LogP contribution >= 0.6 is 0 Å². The second kappa shape index (κ2) is 8.17. The van der Waals surface area contributed by atoms with Crippen molar-refractivity contribution in [3.63, 3.8) is 0 Å². The fourth-order valence-corrected chi connectivity index (χ4v) is 2.21. The molecule has 0 aliphatic carbocycles. The van der Waals surface area contributed by atoms with Crippen LogP contribution in [0.4, 0.5) is 0 Å². The highest BCUT2D eigenvalue weighted by Gasteiger charge is 2.13. The van der Waals surface area contributed by atoms with Gasteiger partial charge >= 0.3 is 0 Å². The molecule has 0 saturated carbocycles. The summed E-state index contributed by atoms with van der Waals surface area (Å²) in [5.41, 5.74) is 1.63. The van der Waals surface area contributed by atoms with E-state index in [1.54, 1.807) is 31.6 Å². The Morgan fingerprint density at radius 2 is 2.09 bits per heavy atom. The Kier molecular flexibility index (Phi) is 5.95. The number of carbonyl (C=O) groups is 1. The third-order valence-corrected chi connectivity index (χ3v) is 3.34. The lowest BCUT2D eigenvalue weighted by Gasteiger charge is -2.14. The van der Waals surface area contributed by atoms with Crippen molar-refractivity contribution in [2.45, 2.75) is 26.2 Å². The maximum absolute atomic E-state index is 12.2. The molecule has 2 rings (SSSR count). The van der Waals surface area contributed by atoms with Crippen molar-refractivity contribution in [3.05, 3.63) is 53.9 Å². The topological polar surface area (TPSA) is 48.4 Å². The molecule has 116 valence electrons. The van der Waals surface area contributed by atoms with Gasteiger partial charge in [-0.15, -0.1) is 0 Å². The second-order valence-corrected chi connectivity index (χ2v) is 4.96. The normalized spacial score (nSPS) is 10.3. The third-order valence-electron chi connectivity index (χ3n) is 3.34. The smallest absolute Gasteiger partial charge is 0.164 e. The number of pyridine rings is 1. The SMILES string of the molecule is CCCOc1c(CCC(=O)c2cccnc2)cccc1OC. The third kappa shape index (κ3) is 4.07. The first-order valence-corrected chi connectivity index (χ1v) is 7.48. The molecule has 0 aliphatic rings. The molecule has 22 heavy (non-hydrogen) atoms. The summed E-state index contributed by atoms with van der Waals surface area (Å²) in [5.74, 6) is 1.53. The van der Waals surface area contributed by atoms with Gasteiger partial charge in [0.1, 0.15) is 0 Å². The first-order chi connectivity index (χ1) is 10.8. The van der Waals surface area contributed by atoms with Crippen molar-refractivity contribution in [2.24, 2.45) is 0 Å². The van der Waals surface area contributed by atoms with Crippen LogP contribution in [0.25, 0.3) is 0 Å². The van der Waals surface area contributed by atoms with Gasteiger partial charge in [0.05, 0.1) is 13.7 Å². The molecule has 0 aliphatic heterocycles. The van der Waals surface area contributed by atoms with Crippen molar-refractivity contribution < 1.29 is 14.3 Å². The molecule has 1 aromatic heterocycles. The first-order valence-electron chi connectivity index (χ1n) is 7.48. The highest BCUT2D eigenvalue weighted by molar-refractivity contribution is 5.95. The van der Waals surface area contributed by atoms with E-state index in [-0.39, 0.29) is 5.78 Å². The molecule has 0 fully saturated rings. The summed E-state index contributed by atoms with van der Waals surface area (Å²) < 4.78 is 11.2. The summed E-state index contributed by atoms with van der Waals surface area (Å²) >= 11 is 0. The Bertz CT molecular complexity index is 611. The second-order valence-electron chi connectivity index (χ2n) is 4.96. The van der Waals surface area contributed by atoms with Gasteiger partial charge in [-0.1, -0.05) is 19.1 Å². The van der Waals surface area contributed by atoms with Crippen LogP contribution in [-0.4, -0.2) is 24.5 Å².